The molecule has 1 atom stereocenters. The van der Waals surface area contributed by atoms with Crippen LogP contribution in [-0.2, 0) is 6.42 Å². The number of aryl methyl sites for hydroxylation is 2. The third kappa shape index (κ3) is 2.38. The Balaban J connectivity index is 1.84. The van der Waals surface area contributed by atoms with Crippen LogP contribution in [0.25, 0.3) is 0 Å². The van der Waals surface area contributed by atoms with Gasteiger partial charge in [-0.1, -0.05) is 18.2 Å². The van der Waals surface area contributed by atoms with Gasteiger partial charge in [-0.25, -0.2) is 0 Å². The van der Waals surface area contributed by atoms with E-state index in [0.717, 1.165) is 12.2 Å². The molecule has 1 heterocycles. The van der Waals surface area contributed by atoms with Crippen molar-refractivity contribution in [3.8, 4) is 5.75 Å². The first kappa shape index (κ1) is 13.0. The lowest BCUT2D eigenvalue weighted by Gasteiger charge is -2.13. The number of nitrogens with one attached hydrogen (secondary N) is 1. The summed E-state index contributed by atoms with van der Waals surface area (Å²) in [4.78, 5) is 0. The molecule has 0 spiro atoms. The van der Waals surface area contributed by atoms with Crippen molar-refractivity contribution in [2.24, 2.45) is 0 Å². The highest BCUT2D eigenvalue weighted by atomic mass is 16.5. The van der Waals surface area contributed by atoms with Gasteiger partial charge in [0.25, 0.3) is 0 Å². The second kappa shape index (κ2) is 5.20. The first-order chi connectivity index (χ1) is 9.67. The highest BCUT2D eigenvalue weighted by molar-refractivity contribution is 5.60. The maximum atomic E-state index is 5.58. The molecule has 0 saturated carbocycles. The number of hydrogen-bond acceptors (Lipinski definition) is 2. The second-order valence-corrected chi connectivity index (χ2v) is 5.50. The summed E-state index contributed by atoms with van der Waals surface area (Å²) >= 11 is 0. The Labute approximate surface area is 120 Å². The Morgan fingerprint density at radius 1 is 1.10 bits per heavy atom. The van der Waals surface area contributed by atoms with Gasteiger partial charge in [0, 0.05) is 5.69 Å². The molecule has 1 aliphatic rings. The molecule has 2 nitrogen and oxygen atoms in total. The smallest absolute Gasteiger partial charge is 0.119 e. The minimum Gasteiger partial charge on any atom is -0.494 e. The molecule has 1 N–H and O–H groups in total. The maximum Gasteiger partial charge on any atom is 0.119 e. The summed E-state index contributed by atoms with van der Waals surface area (Å²) < 4.78 is 5.58. The number of hydrogen-bond donors (Lipinski definition) is 1. The number of benzene rings is 2. The minimum absolute atomic E-state index is 0.376. The first-order valence-corrected chi connectivity index (χ1v) is 7.27. The summed E-state index contributed by atoms with van der Waals surface area (Å²) in [7, 11) is 0. The van der Waals surface area contributed by atoms with Gasteiger partial charge in [0.1, 0.15) is 5.75 Å². The van der Waals surface area contributed by atoms with Gasteiger partial charge < -0.3 is 10.1 Å². The average molecular weight is 267 g/mol. The topological polar surface area (TPSA) is 21.3 Å². The van der Waals surface area contributed by atoms with E-state index in [1.807, 2.05) is 13.0 Å². The largest absolute Gasteiger partial charge is 0.494 e. The van der Waals surface area contributed by atoms with Crippen molar-refractivity contribution in [3.63, 3.8) is 0 Å². The Hall–Kier alpha value is -1.96. The van der Waals surface area contributed by atoms with Crippen molar-refractivity contribution in [2.45, 2.75) is 33.2 Å². The fourth-order valence-electron chi connectivity index (χ4n) is 2.78. The fraction of sp³-hybridized carbons (Fsp3) is 0.333. The standard InChI is InChI=1S/C18H21NO/c1-4-20-16-7-8-17-15(10-16)11-18(19-17)14-6-5-12(2)13(3)9-14/h5-10,18-19H,4,11H2,1-3H3. The van der Waals surface area contributed by atoms with Crippen LogP contribution in [-0.4, -0.2) is 6.61 Å². The van der Waals surface area contributed by atoms with Crippen LogP contribution in [0, 0.1) is 13.8 Å². The zero-order valence-electron chi connectivity index (χ0n) is 12.4. The Kier molecular flexibility index (Phi) is 3.39. The van der Waals surface area contributed by atoms with E-state index in [1.165, 1.54) is 27.9 Å². The SMILES string of the molecule is CCOc1ccc2c(c1)CC(c1ccc(C)c(C)c1)N2. The van der Waals surface area contributed by atoms with Crippen LogP contribution in [0.4, 0.5) is 5.69 Å². The van der Waals surface area contributed by atoms with Crippen LogP contribution in [0.15, 0.2) is 36.4 Å². The number of anilines is 1. The summed E-state index contributed by atoms with van der Waals surface area (Å²) in [5.74, 6) is 0.966. The van der Waals surface area contributed by atoms with Crippen LogP contribution in [0.3, 0.4) is 0 Å². The van der Waals surface area contributed by atoms with Crippen LogP contribution in [0.2, 0.25) is 0 Å². The summed E-state index contributed by atoms with van der Waals surface area (Å²) in [5.41, 5.74) is 6.65. The minimum atomic E-state index is 0.376. The molecule has 0 aromatic heterocycles. The summed E-state index contributed by atoms with van der Waals surface area (Å²) in [6.45, 7) is 7.06. The summed E-state index contributed by atoms with van der Waals surface area (Å²) in [6, 6.07) is 13.4. The molecule has 0 aliphatic carbocycles. The van der Waals surface area contributed by atoms with Crippen molar-refractivity contribution in [1.29, 1.82) is 0 Å². The Bertz CT molecular complexity index is 633. The molecule has 20 heavy (non-hydrogen) atoms. The van der Waals surface area contributed by atoms with Crippen molar-refractivity contribution in [1.82, 2.24) is 0 Å². The third-order valence-corrected chi connectivity index (χ3v) is 4.07. The quantitative estimate of drug-likeness (QED) is 0.889. The predicted molar refractivity (Wildman–Crippen MR) is 83.6 cm³/mol. The lowest BCUT2D eigenvalue weighted by atomic mass is 9.99. The Morgan fingerprint density at radius 3 is 2.70 bits per heavy atom. The van der Waals surface area contributed by atoms with E-state index in [-0.39, 0.29) is 0 Å². The molecule has 0 fully saturated rings. The lowest BCUT2D eigenvalue weighted by molar-refractivity contribution is 0.340. The van der Waals surface area contributed by atoms with Gasteiger partial charge in [-0.2, -0.15) is 0 Å². The molecule has 2 aromatic rings. The first-order valence-electron chi connectivity index (χ1n) is 7.27. The highest BCUT2D eigenvalue weighted by Gasteiger charge is 2.22. The molecule has 2 aromatic carbocycles. The van der Waals surface area contributed by atoms with Gasteiger partial charge in [0.05, 0.1) is 12.6 Å². The van der Waals surface area contributed by atoms with E-state index in [1.54, 1.807) is 0 Å². The van der Waals surface area contributed by atoms with Crippen molar-refractivity contribution >= 4 is 5.69 Å². The molecule has 1 aliphatic heterocycles. The van der Waals surface area contributed by atoms with E-state index in [2.05, 4.69) is 49.5 Å². The second-order valence-electron chi connectivity index (χ2n) is 5.50. The molecule has 104 valence electrons. The number of rotatable bonds is 3. The van der Waals surface area contributed by atoms with Crippen LogP contribution in [0.1, 0.15) is 35.2 Å². The summed E-state index contributed by atoms with van der Waals surface area (Å²) in [5, 5.41) is 3.61. The zero-order chi connectivity index (χ0) is 14.1. The lowest BCUT2D eigenvalue weighted by Crippen LogP contribution is -2.06. The van der Waals surface area contributed by atoms with Gasteiger partial charge >= 0.3 is 0 Å². The molecular formula is C18H21NO. The predicted octanol–water partition coefficient (Wildman–Crippen LogP) is 4.41. The Morgan fingerprint density at radius 2 is 1.95 bits per heavy atom. The average Bonchev–Trinajstić information content (AvgIpc) is 2.85. The maximum absolute atomic E-state index is 5.58. The molecule has 1 unspecified atom stereocenters. The molecule has 0 radical (unpaired) electrons. The zero-order valence-corrected chi connectivity index (χ0v) is 12.4. The molecule has 3 rings (SSSR count). The van der Waals surface area contributed by atoms with E-state index in [9.17, 15) is 0 Å². The summed E-state index contributed by atoms with van der Waals surface area (Å²) in [6.07, 6.45) is 1.03. The van der Waals surface area contributed by atoms with E-state index in [0.29, 0.717) is 12.6 Å². The van der Waals surface area contributed by atoms with Crippen LogP contribution < -0.4 is 10.1 Å². The van der Waals surface area contributed by atoms with Gasteiger partial charge in [0.2, 0.25) is 0 Å². The van der Waals surface area contributed by atoms with E-state index in [4.69, 9.17) is 4.74 Å². The normalized spacial score (nSPS) is 16.6. The molecular weight excluding hydrogens is 246 g/mol. The van der Waals surface area contributed by atoms with Crippen LogP contribution >= 0.6 is 0 Å². The third-order valence-electron chi connectivity index (χ3n) is 4.07. The molecule has 0 saturated heterocycles. The van der Waals surface area contributed by atoms with Crippen molar-refractivity contribution in [2.75, 3.05) is 11.9 Å². The highest BCUT2D eigenvalue weighted by Crippen LogP contribution is 2.36. The molecule has 0 bridgehead atoms. The fourth-order valence-corrected chi connectivity index (χ4v) is 2.78. The molecule has 0 amide bonds. The number of fused-ring (bicyclic) bond motifs is 1. The van der Waals surface area contributed by atoms with Gasteiger partial charge in [-0.15, -0.1) is 0 Å². The van der Waals surface area contributed by atoms with Gasteiger partial charge in [-0.3, -0.25) is 0 Å². The van der Waals surface area contributed by atoms with Crippen molar-refractivity contribution in [3.05, 3.63) is 58.7 Å². The van der Waals surface area contributed by atoms with Crippen LogP contribution in [0.5, 0.6) is 5.75 Å². The van der Waals surface area contributed by atoms with Crippen molar-refractivity contribution < 1.29 is 4.74 Å². The van der Waals surface area contributed by atoms with E-state index >= 15 is 0 Å². The van der Waals surface area contributed by atoms with Gasteiger partial charge in [0.15, 0.2) is 0 Å². The van der Waals surface area contributed by atoms with Gasteiger partial charge in [-0.05, 0) is 67.6 Å². The monoisotopic (exact) mass is 267 g/mol. The molecule has 2 heteroatoms. The number of ether oxygens (including phenoxy) is 1. The van der Waals surface area contributed by atoms with E-state index < -0.39 is 0 Å².